The van der Waals surface area contributed by atoms with Crippen LogP contribution in [0.1, 0.15) is 11.1 Å². The van der Waals surface area contributed by atoms with E-state index in [1.807, 2.05) is 26.0 Å². The Balaban J connectivity index is 2.27. The van der Waals surface area contributed by atoms with E-state index in [2.05, 4.69) is 20.8 Å². The van der Waals surface area contributed by atoms with Gasteiger partial charge in [0.15, 0.2) is 0 Å². The van der Waals surface area contributed by atoms with Crippen molar-refractivity contribution in [1.29, 1.82) is 0 Å². The molecule has 1 aromatic carbocycles. The summed E-state index contributed by atoms with van der Waals surface area (Å²) in [7, 11) is 0. The van der Waals surface area contributed by atoms with Crippen LogP contribution >= 0.6 is 0 Å². The van der Waals surface area contributed by atoms with Crippen LogP contribution < -0.4 is 5.32 Å². The summed E-state index contributed by atoms with van der Waals surface area (Å²) in [5.41, 5.74) is 3.91. The van der Waals surface area contributed by atoms with Gasteiger partial charge in [0, 0.05) is 12.2 Å². The predicted molar refractivity (Wildman–Crippen MR) is 70.2 cm³/mol. The van der Waals surface area contributed by atoms with Gasteiger partial charge >= 0.3 is 0 Å². The summed E-state index contributed by atoms with van der Waals surface area (Å²) in [6, 6.07) is 3.89. The molecule has 0 saturated heterocycles. The summed E-state index contributed by atoms with van der Waals surface area (Å²) in [6.45, 7) is 4.01. The van der Waals surface area contributed by atoms with Crippen LogP contribution in [0, 0.1) is 13.8 Å². The maximum atomic E-state index is 9.38. The van der Waals surface area contributed by atoms with Gasteiger partial charge in [-0.15, -0.1) is 5.10 Å². The summed E-state index contributed by atoms with van der Waals surface area (Å²) in [4.78, 5) is 0. The van der Waals surface area contributed by atoms with Crippen LogP contribution in [0.15, 0.2) is 18.5 Å². The molecule has 0 radical (unpaired) electrons. The molecule has 0 amide bonds. The smallest absolute Gasteiger partial charge is 0.143 e. The number of aryl methyl sites for hydroxylation is 1. The average Bonchev–Trinajstić information content (AvgIpc) is 2.93. The SMILES string of the molecule is Cc1cc(-n2cnnn2)cc(NCC(O)CO)c1C. The molecular weight excluding hydrogens is 246 g/mol. The minimum Gasteiger partial charge on any atom is -0.394 e. The van der Waals surface area contributed by atoms with E-state index in [9.17, 15) is 5.11 Å². The Morgan fingerprint density at radius 1 is 1.37 bits per heavy atom. The fourth-order valence-corrected chi connectivity index (χ4v) is 1.73. The summed E-state index contributed by atoms with van der Waals surface area (Å²) in [5, 5.41) is 32.4. The van der Waals surface area contributed by atoms with Crippen molar-refractivity contribution in [2.24, 2.45) is 0 Å². The zero-order valence-electron chi connectivity index (χ0n) is 10.9. The summed E-state index contributed by atoms with van der Waals surface area (Å²) in [5.74, 6) is 0. The minimum atomic E-state index is -0.781. The van der Waals surface area contributed by atoms with Crippen molar-refractivity contribution in [3.05, 3.63) is 29.6 Å². The largest absolute Gasteiger partial charge is 0.394 e. The van der Waals surface area contributed by atoms with Crippen LogP contribution in [0.4, 0.5) is 5.69 Å². The van der Waals surface area contributed by atoms with Crippen molar-refractivity contribution in [2.75, 3.05) is 18.5 Å². The van der Waals surface area contributed by atoms with Gasteiger partial charge in [0.05, 0.1) is 18.4 Å². The highest BCUT2D eigenvalue weighted by Crippen LogP contribution is 2.23. The van der Waals surface area contributed by atoms with Crippen molar-refractivity contribution in [3.63, 3.8) is 0 Å². The van der Waals surface area contributed by atoms with E-state index in [4.69, 9.17) is 5.11 Å². The van der Waals surface area contributed by atoms with Crippen molar-refractivity contribution >= 4 is 5.69 Å². The van der Waals surface area contributed by atoms with Crippen molar-refractivity contribution in [2.45, 2.75) is 20.0 Å². The number of aliphatic hydroxyl groups excluding tert-OH is 2. The third-order valence-corrected chi connectivity index (χ3v) is 3.00. The van der Waals surface area contributed by atoms with E-state index in [-0.39, 0.29) is 13.2 Å². The van der Waals surface area contributed by atoms with Gasteiger partial charge in [0.2, 0.25) is 0 Å². The van der Waals surface area contributed by atoms with Gasteiger partial charge in [-0.05, 0) is 47.5 Å². The molecular formula is C12H17N5O2. The molecule has 0 spiro atoms. The van der Waals surface area contributed by atoms with Crippen LogP contribution in [0.2, 0.25) is 0 Å². The highest BCUT2D eigenvalue weighted by Gasteiger charge is 2.08. The van der Waals surface area contributed by atoms with Gasteiger partial charge in [-0.3, -0.25) is 0 Å². The van der Waals surface area contributed by atoms with Gasteiger partial charge in [0.1, 0.15) is 6.33 Å². The van der Waals surface area contributed by atoms with E-state index >= 15 is 0 Å². The summed E-state index contributed by atoms with van der Waals surface area (Å²) < 4.78 is 1.57. The monoisotopic (exact) mass is 263 g/mol. The lowest BCUT2D eigenvalue weighted by Gasteiger charge is -2.15. The topological polar surface area (TPSA) is 96.1 Å². The van der Waals surface area contributed by atoms with Crippen LogP contribution in [-0.2, 0) is 0 Å². The Labute approximate surface area is 110 Å². The lowest BCUT2D eigenvalue weighted by atomic mass is 10.1. The maximum absolute atomic E-state index is 9.38. The molecule has 3 N–H and O–H groups in total. The molecule has 0 aliphatic carbocycles. The lowest BCUT2D eigenvalue weighted by molar-refractivity contribution is 0.105. The average molecular weight is 263 g/mol. The normalized spacial score (nSPS) is 12.4. The molecule has 2 rings (SSSR count). The third kappa shape index (κ3) is 3.07. The van der Waals surface area contributed by atoms with Crippen LogP contribution in [-0.4, -0.2) is 49.7 Å². The number of hydrogen-bond acceptors (Lipinski definition) is 6. The zero-order valence-corrected chi connectivity index (χ0v) is 10.9. The molecule has 1 unspecified atom stereocenters. The molecule has 19 heavy (non-hydrogen) atoms. The van der Waals surface area contributed by atoms with Crippen molar-refractivity contribution < 1.29 is 10.2 Å². The maximum Gasteiger partial charge on any atom is 0.143 e. The van der Waals surface area contributed by atoms with E-state index in [0.717, 1.165) is 22.5 Å². The molecule has 102 valence electrons. The molecule has 0 aliphatic rings. The number of aliphatic hydroxyl groups is 2. The van der Waals surface area contributed by atoms with Crippen LogP contribution in [0.5, 0.6) is 0 Å². The van der Waals surface area contributed by atoms with E-state index in [1.165, 1.54) is 6.33 Å². The Hall–Kier alpha value is -1.99. The van der Waals surface area contributed by atoms with Gasteiger partial charge in [0.25, 0.3) is 0 Å². The first-order valence-electron chi connectivity index (χ1n) is 5.99. The number of hydrogen-bond donors (Lipinski definition) is 3. The van der Waals surface area contributed by atoms with Gasteiger partial charge in [-0.25, -0.2) is 4.68 Å². The highest BCUT2D eigenvalue weighted by molar-refractivity contribution is 5.59. The van der Waals surface area contributed by atoms with Crippen molar-refractivity contribution in [3.8, 4) is 5.69 Å². The molecule has 1 atom stereocenters. The van der Waals surface area contributed by atoms with Crippen LogP contribution in [0.3, 0.4) is 0 Å². The van der Waals surface area contributed by atoms with Crippen LogP contribution in [0.25, 0.3) is 5.69 Å². The molecule has 0 saturated carbocycles. The standard InChI is InChI=1S/C12H17N5O2/c1-8-3-10(17-7-14-15-16-17)4-12(9(8)2)13-5-11(19)6-18/h3-4,7,11,13,18-19H,5-6H2,1-2H3. The number of nitrogens with one attached hydrogen (secondary N) is 1. The molecule has 0 bridgehead atoms. The van der Waals surface area contributed by atoms with E-state index in [0.29, 0.717) is 0 Å². The number of anilines is 1. The number of aromatic nitrogens is 4. The number of benzene rings is 1. The number of nitrogens with zero attached hydrogens (tertiary/aromatic N) is 4. The second kappa shape index (κ2) is 5.77. The first kappa shape index (κ1) is 13.4. The quantitative estimate of drug-likeness (QED) is 0.705. The number of rotatable bonds is 5. The third-order valence-electron chi connectivity index (χ3n) is 3.00. The van der Waals surface area contributed by atoms with E-state index < -0.39 is 6.10 Å². The Morgan fingerprint density at radius 2 is 2.16 bits per heavy atom. The first-order chi connectivity index (χ1) is 9.11. The predicted octanol–water partition coefficient (Wildman–Crippen LogP) is 0.0442. The summed E-state index contributed by atoms with van der Waals surface area (Å²) >= 11 is 0. The fourth-order valence-electron chi connectivity index (χ4n) is 1.73. The second-order valence-electron chi connectivity index (χ2n) is 4.41. The Bertz CT molecular complexity index is 541. The summed E-state index contributed by atoms with van der Waals surface area (Å²) in [6.07, 6.45) is 0.743. The molecule has 0 fully saturated rings. The van der Waals surface area contributed by atoms with Gasteiger partial charge < -0.3 is 15.5 Å². The Morgan fingerprint density at radius 3 is 2.79 bits per heavy atom. The van der Waals surface area contributed by atoms with E-state index in [1.54, 1.807) is 4.68 Å². The molecule has 2 aromatic rings. The minimum absolute atomic E-state index is 0.266. The second-order valence-corrected chi connectivity index (χ2v) is 4.41. The molecule has 7 heteroatoms. The highest BCUT2D eigenvalue weighted by atomic mass is 16.3. The first-order valence-corrected chi connectivity index (χ1v) is 5.99. The molecule has 7 nitrogen and oxygen atoms in total. The lowest BCUT2D eigenvalue weighted by Crippen LogP contribution is -2.23. The molecule has 0 aliphatic heterocycles. The molecule has 1 aromatic heterocycles. The fraction of sp³-hybridized carbons (Fsp3) is 0.417. The number of tetrazole rings is 1. The Kier molecular flexibility index (Phi) is 4.08. The molecule has 1 heterocycles. The zero-order chi connectivity index (χ0) is 13.8. The van der Waals surface area contributed by atoms with Gasteiger partial charge in [-0.2, -0.15) is 0 Å². The van der Waals surface area contributed by atoms with Gasteiger partial charge in [-0.1, -0.05) is 0 Å². The van der Waals surface area contributed by atoms with Crippen molar-refractivity contribution in [1.82, 2.24) is 20.2 Å².